The number of amides is 2. The number of nitrogens with one attached hydrogen (secondary N) is 1. The van der Waals surface area contributed by atoms with Gasteiger partial charge in [-0.3, -0.25) is 0 Å². The molecule has 0 saturated carbocycles. The summed E-state index contributed by atoms with van der Waals surface area (Å²) >= 11 is 1.75. The Hall–Kier alpha value is -1.81. The molecule has 1 aliphatic rings. The average Bonchev–Trinajstić information content (AvgIpc) is 2.95. The molecule has 1 unspecified atom stereocenters. The summed E-state index contributed by atoms with van der Waals surface area (Å²) in [7, 11) is 0. The summed E-state index contributed by atoms with van der Waals surface area (Å²) in [5.74, 6) is 0. The fourth-order valence-corrected chi connectivity index (χ4v) is 4.06. The molecule has 0 bridgehead atoms. The monoisotopic (exact) mass is 328 g/mol. The van der Waals surface area contributed by atoms with E-state index in [0.29, 0.717) is 0 Å². The number of urea groups is 1. The number of benzene rings is 1. The van der Waals surface area contributed by atoms with Gasteiger partial charge in [0.05, 0.1) is 6.04 Å². The Balaban J connectivity index is 1.81. The van der Waals surface area contributed by atoms with Crippen LogP contribution in [0.4, 0.5) is 10.5 Å². The molecular formula is C19H24N2OS. The largest absolute Gasteiger partial charge is 0.322 e. The fraction of sp³-hybridized carbons (Fsp3) is 0.421. The Bertz CT molecular complexity index is 666. The van der Waals surface area contributed by atoms with Crippen LogP contribution in [0.2, 0.25) is 0 Å². The molecule has 1 aromatic carbocycles. The SMILES string of the molecule is Cc1ccc(C)c(NC(=O)N2CCCCCC2c2cccs2)c1. The van der Waals surface area contributed by atoms with Gasteiger partial charge in [0.1, 0.15) is 0 Å². The molecule has 4 heteroatoms. The van der Waals surface area contributed by atoms with Crippen LogP contribution in [-0.4, -0.2) is 17.5 Å². The van der Waals surface area contributed by atoms with E-state index in [4.69, 9.17) is 0 Å². The summed E-state index contributed by atoms with van der Waals surface area (Å²) < 4.78 is 0. The quantitative estimate of drug-likeness (QED) is 0.774. The Labute approximate surface area is 142 Å². The molecule has 3 nitrogen and oxygen atoms in total. The van der Waals surface area contributed by atoms with Crippen LogP contribution in [0.3, 0.4) is 0 Å². The van der Waals surface area contributed by atoms with E-state index in [1.54, 1.807) is 11.3 Å². The molecular weight excluding hydrogens is 304 g/mol. The zero-order valence-corrected chi connectivity index (χ0v) is 14.7. The molecule has 3 rings (SSSR count). The van der Waals surface area contributed by atoms with Crippen LogP contribution in [0.1, 0.15) is 47.7 Å². The first-order valence-corrected chi connectivity index (χ1v) is 9.21. The molecule has 23 heavy (non-hydrogen) atoms. The van der Waals surface area contributed by atoms with Gasteiger partial charge in [-0.15, -0.1) is 11.3 Å². The highest BCUT2D eigenvalue weighted by Crippen LogP contribution is 2.33. The van der Waals surface area contributed by atoms with E-state index < -0.39 is 0 Å². The minimum Gasteiger partial charge on any atom is -0.317 e. The second-order valence-electron chi connectivity index (χ2n) is 6.32. The second kappa shape index (κ2) is 7.18. The Morgan fingerprint density at radius 2 is 2.09 bits per heavy atom. The number of hydrogen-bond donors (Lipinski definition) is 1. The van der Waals surface area contributed by atoms with Crippen molar-refractivity contribution in [3.05, 3.63) is 51.7 Å². The third-order valence-corrected chi connectivity index (χ3v) is 5.49. The van der Waals surface area contributed by atoms with E-state index in [-0.39, 0.29) is 12.1 Å². The van der Waals surface area contributed by atoms with E-state index in [0.717, 1.165) is 36.2 Å². The van der Waals surface area contributed by atoms with Crippen molar-refractivity contribution in [3.63, 3.8) is 0 Å². The van der Waals surface area contributed by atoms with Gasteiger partial charge in [0.2, 0.25) is 0 Å². The molecule has 2 heterocycles. The maximum Gasteiger partial charge on any atom is 0.322 e. The lowest BCUT2D eigenvalue weighted by atomic mass is 10.1. The third-order valence-electron chi connectivity index (χ3n) is 4.52. The van der Waals surface area contributed by atoms with Crippen molar-refractivity contribution in [3.8, 4) is 0 Å². The lowest BCUT2D eigenvalue weighted by Gasteiger charge is -2.30. The molecule has 1 N–H and O–H groups in total. The number of anilines is 1. The van der Waals surface area contributed by atoms with Crippen LogP contribution in [-0.2, 0) is 0 Å². The highest BCUT2D eigenvalue weighted by molar-refractivity contribution is 7.10. The zero-order chi connectivity index (χ0) is 16.2. The molecule has 1 atom stereocenters. The van der Waals surface area contributed by atoms with Gasteiger partial charge in [-0.2, -0.15) is 0 Å². The maximum atomic E-state index is 12.9. The number of rotatable bonds is 2. The third kappa shape index (κ3) is 3.75. The predicted octanol–water partition coefficient (Wildman–Crippen LogP) is 5.51. The molecule has 0 radical (unpaired) electrons. The standard InChI is InChI=1S/C19H24N2OS/c1-14-9-10-15(2)16(13-14)20-19(22)21-11-5-3-4-7-17(21)18-8-6-12-23-18/h6,8-10,12-13,17H,3-5,7,11H2,1-2H3,(H,20,22). The van der Waals surface area contributed by atoms with Crippen molar-refractivity contribution in [2.24, 2.45) is 0 Å². The van der Waals surface area contributed by atoms with Crippen molar-refractivity contribution in [1.82, 2.24) is 4.90 Å². The van der Waals surface area contributed by atoms with Crippen molar-refractivity contribution in [2.75, 3.05) is 11.9 Å². The van der Waals surface area contributed by atoms with E-state index in [1.807, 2.05) is 17.9 Å². The zero-order valence-electron chi connectivity index (χ0n) is 13.8. The van der Waals surface area contributed by atoms with Crippen LogP contribution in [0.25, 0.3) is 0 Å². The number of likely N-dealkylation sites (tertiary alicyclic amines) is 1. The molecule has 2 aromatic rings. The van der Waals surface area contributed by atoms with Gasteiger partial charge in [-0.1, -0.05) is 31.0 Å². The molecule has 1 aromatic heterocycles. The minimum absolute atomic E-state index is 0.0269. The molecule has 1 fully saturated rings. The lowest BCUT2D eigenvalue weighted by molar-refractivity contribution is 0.190. The molecule has 122 valence electrons. The number of hydrogen-bond acceptors (Lipinski definition) is 2. The molecule has 0 spiro atoms. The number of nitrogens with zero attached hydrogens (tertiary/aromatic N) is 1. The Kier molecular flexibility index (Phi) is 5.01. The molecule has 1 saturated heterocycles. The molecule has 1 aliphatic heterocycles. The Morgan fingerprint density at radius 3 is 2.87 bits per heavy atom. The van der Waals surface area contributed by atoms with Crippen LogP contribution in [0.15, 0.2) is 35.7 Å². The van der Waals surface area contributed by atoms with Crippen LogP contribution in [0.5, 0.6) is 0 Å². The first-order chi connectivity index (χ1) is 11.1. The van der Waals surface area contributed by atoms with Crippen molar-refractivity contribution in [2.45, 2.75) is 45.6 Å². The smallest absolute Gasteiger partial charge is 0.317 e. The topological polar surface area (TPSA) is 32.3 Å². The predicted molar refractivity (Wildman–Crippen MR) is 97.2 cm³/mol. The fourth-order valence-electron chi connectivity index (χ4n) is 3.19. The maximum absolute atomic E-state index is 12.9. The van der Waals surface area contributed by atoms with E-state index in [9.17, 15) is 4.79 Å². The van der Waals surface area contributed by atoms with Crippen LogP contribution < -0.4 is 5.32 Å². The molecule has 2 amide bonds. The number of aryl methyl sites for hydroxylation is 2. The van der Waals surface area contributed by atoms with Crippen molar-refractivity contribution < 1.29 is 4.79 Å². The van der Waals surface area contributed by atoms with Gasteiger partial charge in [-0.25, -0.2) is 4.79 Å². The second-order valence-corrected chi connectivity index (χ2v) is 7.30. The highest BCUT2D eigenvalue weighted by atomic mass is 32.1. The highest BCUT2D eigenvalue weighted by Gasteiger charge is 2.27. The first-order valence-electron chi connectivity index (χ1n) is 8.33. The number of carbonyl (C=O) groups excluding carboxylic acids is 1. The summed E-state index contributed by atoms with van der Waals surface area (Å²) in [5.41, 5.74) is 3.19. The van der Waals surface area contributed by atoms with Gasteiger partial charge in [0, 0.05) is 17.1 Å². The van der Waals surface area contributed by atoms with Gasteiger partial charge in [-0.05, 0) is 55.3 Å². The Morgan fingerprint density at radius 1 is 1.22 bits per heavy atom. The van der Waals surface area contributed by atoms with E-state index >= 15 is 0 Å². The van der Waals surface area contributed by atoms with Crippen molar-refractivity contribution >= 4 is 23.1 Å². The van der Waals surface area contributed by atoms with Crippen molar-refractivity contribution in [1.29, 1.82) is 0 Å². The number of carbonyl (C=O) groups is 1. The summed E-state index contributed by atoms with van der Waals surface area (Å²) in [5, 5.41) is 5.23. The van der Waals surface area contributed by atoms with Gasteiger partial charge in [0.25, 0.3) is 0 Å². The lowest BCUT2D eigenvalue weighted by Crippen LogP contribution is -2.37. The van der Waals surface area contributed by atoms with Crippen LogP contribution >= 0.6 is 11.3 Å². The van der Waals surface area contributed by atoms with Gasteiger partial charge >= 0.3 is 6.03 Å². The summed E-state index contributed by atoms with van der Waals surface area (Å²) in [6.45, 7) is 4.92. The van der Waals surface area contributed by atoms with Gasteiger partial charge in [0.15, 0.2) is 0 Å². The van der Waals surface area contributed by atoms with E-state index in [1.165, 1.54) is 17.7 Å². The summed E-state index contributed by atoms with van der Waals surface area (Å²) in [4.78, 5) is 16.2. The first kappa shape index (κ1) is 16.1. The normalized spacial score (nSPS) is 18.5. The number of thiophene rings is 1. The van der Waals surface area contributed by atoms with Crippen LogP contribution in [0, 0.1) is 13.8 Å². The summed E-state index contributed by atoms with van der Waals surface area (Å²) in [6.07, 6.45) is 4.54. The minimum atomic E-state index is 0.0269. The van der Waals surface area contributed by atoms with E-state index in [2.05, 4.69) is 41.9 Å². The average molecular weight is 328 g/mol. The summed E-state index contributed by atoms with van der Waals surface area (Å²) in [6, 6.07) is 10.6. The van der Waals surface area contributed by atoms with Gasteiger partial charge < -0.3 is 10.2 Å². The molecule has 0 aliphatic carbocycles.